The standard InChI is InChI=1S/C16H11ClFNO2/c1-19-14-5-3-9(6-11(14)8-15(19)20)16(21)10-2-4-12(17)13(18)7-10/h2-7H,8H2,1H3. The molecular weight excluding hydrogens is 293 g/mol. The van der Waals surface area contributed by atoms with Crippen molar-refractivity contribution in [2.24, 2.45) is 0 Å². The first-order valence-corrected chi connectivity index (χ1v) is 6.74. The summed E-state index contributed by atoms with van der Waals surface area (Å²) in [4.78, 5) is 25.6. The molecule has 3 nitrogen and oxygen atoms in total. The molecule has 106 valence electrons. The fourth-order valence-corrected chi connectivity index (χ4v) is 2.53. The summed E-state index contributed by atoms with van der Waals surface area (Å²) in [6.07, 6.45) is 0.280. The summed E-state index contributed by atoms with van der Waals surface area (Å²) < 4.78 is 13.4. The molecule has 0 fully saturated rings. The van der Waals surface area contributed by atoms with Gasteiger partial charge in [-0.25, -0.2) is 4.39 Å². The number of benzene rings is 2. The minimum atomic E-state index is -0.626. The van der Waals surface area contributed by atoms with Crippen molar-refractivity contribution >= 4 is 29.0 Å². The number of rotatable bonds is 2. The molecule has 0 radical (unpaired) electrons. The van der Waals surface area contributed by atoms with Gasteiger partial charge in [0.1, 0.15) is 5.82 Å². The van der Waals surface area contributed by atoms with E-state index in [1.807, 2.05) is 0 Å². The molecule has 0 atom stereocenters. The molecular formula is C16H11ClFNO2. The van der Waals surface area contributed by atoms with E-state index < -0.39 is 5.82 Å². The van der Waals surface area contributed by atoms with Crippen molar-refractivity contribution in [3.63, 3.8) is 0 Å². The number of halogens is 2. The molecule has 2 aromatic carbocycles. The van der Waals surface area contributed by atoms with E-state index in [9.17, 15) is 14.0 Å². The Balaban J connectivity index is 1.98. The highest BCUT2D eigenvalue weighted by Crippen LogP contribution is 2.29. The van der Waals surface area contributed by atoms with Gasteiger partial charge in [-0.3, -0.25) is 9.59 Å². The van der Waals surface area contributed by atoms with Gasteiger partial charge in [-0.05, 0) is 42.0 Å². The third-order valence-electron chi connectivity index (χ3n) is 3.60. The summed E-state index contributed by atoms with van der Waals surface area (Å²) in [7, 11) is 1.70. The van der Waals surface area contributed by atoms with E-state index >= 15 is 0 Å². The van der Waals surface area contributed by atoms with Gasteiger partial charge >= 0.3 is 0 Å². The van der Waals surface area contributed by atoms with E-state index in [2.05, 4.69) is 0 Å². The number of fused-ring (bicyclic) bond motifs is 1. The van der Waals surface area contributed by atoms with Crippen LogP contribution >= 0.6 is 11.6 Å². The van der Waals surface area contributed by atoms with E-state index in [1.165, 1.54) is 12.1 Å². The number of amides is 1. The monoisotopic (exact) mass is 303 g/mol. The van der Waals surface area contributed by atoms with Crippen LogP contribution in [0.25, 0.3) is 0 Å². The molecule has 0 saturated carbocycles. The van der Waals surface area contributed by atoms with E-state index in [0.29, 0.717) is 5.56 Å². The third kappa shape index (κ3) is 2.32. The van der Waals surface area contributed by atoms with Crippen LogP contribution < -0.4 is 4.90 Å². The van der Waals surface area contributed by atoms with Crippen molar-refractivity contribution in [2.45, 2.75) is 6.42 Å². The van der Waals surface area contributed by atoms with Gasteiger partial charge in [-0.1, -0.05) is 11.6 Å². The number of carbonyl (C=O) groups excluding carboxylic acids is 2. The number of nitrogens with zero attached hydrogens (tertiary/aromatic N) is 1. The molecule has 0 spiro atoms. The van der Waals surface area contributed by atoms with E-state index in [4.69, 9.17) is 11.6 Å². The van der Waals surface area contributed by atoms with Crippen LogP contribution in [0.2, 0.25) is 5.02 Å². The van der Waals surface area contributed by atoms with Crippen LogP contribution in [0.5, 0.6) is 0 Å². The van der Waals surface area contributed by atoms with Gasteiger partial charge in [0.25, 0.3) is 0 Å². The molecule has 2 aromatic rings. The smallest absolute Gasteiger partial charge is 0.231 e. The van der Waals surface area contributed by atoms with Gasteiger partial charge in [-0.2, -0.15) is 0 Å². The number of hydrogen-bond donors (Lipinski definition) is 0. The molecule has 1 heterocycles. The van der Waals surface area contributed by atoms with Crippen molar-refractivity contribution in [2.75, 3.05) is 11.9 Å². The third-order valence-corrected chi connectivity index (χ3v) is 3.91. The Morgan fingerprint density at radius 3 is 2.57 bits per heavy atom. The maximum atomic E-state index is 13.4. The molecule has 0 unspecified atom stereocenters. The summed E-state index contributed by atoms with van der Waals surface area (Å²) in [5, 5.41) is -0.0206. The molecule has 1 aliphatic heterocycles. The zero-order chi connectivity index (χ0) is 15.1. The predicted molar refractivity (Wildman–Crippen MR) is 78.4 cm³/mol. The van der Waals surface area contributed by atoms with Crippen LogP contribution in [-0.2, 0) is 11.2 Å². The van der Waals surface area contributed by atoms with Crippen molar-refractivity contribution in [3.05, 3.63) is 63.9 Å². The highest BCUT2D eigenvalue weighted by atomic mass is 35.5. The summed E-state index contributed by atoms with van der Waals surface area (Å²) in [6, 6.07) is 9.02. The van der Waals surface area contributed by atoms with Crippen LogP contribution in [0.4, 0.5) is 10.1 Å². The topological polar surface area (TPSA) is 37.4 Å². The van der Waals surface area contributed by atoms with Crippen LogP contribution in [0.1, 0.15) is 21.5 Å². The van der Waals surface area contributed by atoms with Crippen molar-refractivity contribution < 1.29 is 14.0 Å². The van der Waals surface area contributed by atoms with Crippen LogP contribution in [0.3, 0.4) is 0 Å². The Kier molecular flexibility index (Phi) is 3.26. The lowest BCUT2D eigenvalue weighted by molar-refractivity contribution is -0.117. The average molecular weight is 304 g/mol. The van der Waals surface area contributed by atoms with Crippen LogP contribution in [-0.4, -0.2) is 18.7 Å². The summed E-state index contributed by atoms with van der Waals surface area (Å²) in [5.74, 6) is -0.930. The lowest BCUT2D eigenvalue weighted by Gasteiger charge is -2.10. The van der Waals surface area contributed by atoms with Crippen LogP contribution in [0, 0.1) is 5.82 Å². The zero-order valence-corrected chi connectivity index (χ0v) is 11.9. The largest absolute Gasteiger partial charge is 0.315 e. The molecule has 5 heteroatoms. The maximum absolute atomic E-state index is 13.4. The molecule has 0 bridgehead atoms. The fraction of sp³-hybridized carbons (Fsp3) is 0.125. The maximum Gasteiger partial charge on any atom is 0.231 e. The first-order chi connectivity index (χ1) is 9.97. The fourth-order valence-electron chi connectivity index (χ4n) is 2.42. The molecule has 21 heavy (non-hydrogen) atoms. The molecule has 1 amide bonds. The van der Waals surface area contributed by atoms with Crippen molar-refractivity contribution in [1.29, 1.82) is 0 Å². The number of likely N-dealkylation sites (N-methyl/N-ethyl adjacent to an activating group) is 1. The van der Waals surface area contributed by atoms with Crippen molar-refractivity contribution in [1.82, 2.24) is 0 Å². The van der Waals surface area contributed by atoms with Gasteiger partial charge in [0, 0.05) is 23.9 Å². The Labute approximate surface area is 125 Å². The lowest BCUT2D eigenvalue weighted by Crippen LogP contribution is -2.20. The summed E-state index contributed by atoms with van der Waals surface area (Å²) in [6.45, 7) is 0. The minimum Gasteiger partial charge on any atom is -0.315 e. The normalized spacial score (nSPS) is 13.5. The van der Waals surface area contributed by atoms with Crippen LogP contribution in [0.15, 0.2) is 36.4 Å². The highest BCUT2D eigenvalue weighted by Gasteiger charge is 2.25. The van der Waals surface area contributed by atoms with Gasteiger partial charge in [-0.15, -0.1) is 0 Å². The minimum absolute atomic E-state index is 0.00728. The molecule has 0 saturated heterocycles. The Morgan fingerprint density at radius 2 is 1.86 bits per heavy atom. The molecule has 3 rings (SSSR count). The Bertz CT molecular complexity index is 773. The second-order valence-corrected chi connectivity index (χ2v) is 5.34. The summed E-state index contributed by atoms with van der Waals surface area (Å²) in [5.41, 5.74) is 2.27. The Morgan fingerprint density at radius 1 is 1.19 bits per heavy atom. The zero-order valence-electron chi connectivity index (χ0n) is 11.2. The first kappa shape index (κ1) is 13.8. The van der Waals surface area contributed by atoms with Gasteiger partial charge in [0.15, 0.2) is 5.78 Å². The van der Waals surface area contributed by atoms with E-state index in [0.717, 1.165) is 17.3 Å². The number of carbonyl (C=O) groups is 2. The second-order valence-electron chi connectivity index (χ2n) is 4.93. The van der Waals surface area contributed by atoms with E-state index in [1.54, 1.807) is 30.1 Å². The Hall–Kier alpha value is -2.20. The molecule has 0 aliphatic carbocycles. The van der Waals surface area contributed by atoms with Gasteiger partial charge in [0.2, 0.25) is 5.91 Å². The molecule has 0 N–H and O–H groups in total. The summed E-state index contributed by atoms with van der Waals surface area (Å²) >= 11 is 5.61. The SMILES string of the molecule is CN1C(=O)Cc2cc(C(=O)c3ccc(Cl)c(F)c3)ccc21. The predicted octanol–water partition coefficient (Wildman–Crippen LogP) is 3.23. The average Bonchev–Trinajstić information content (AvgIpc) is 2.76. The van der Waals surface area contributed by atoms with Crippen molar-refractivity contribution in [3.8, 4) is 0 Å². The number of ketones is 1. The van der Waals surface area contributed by atoms with Gasteiger partial charge < -0.3 is 4.90 Å². The molecule has 0 aromatic heterocycles. The second kappa shape index (κ2) is 4.97. The number of anilines is 1. The molecule has 1 aliphatic rings. The highest BCUT2D eigenvalue weighted by molar-refractivity contribution is 6.30. The number of hydrogen-bond acceptors (Lipinski definition) is 2. The van der Waals surface area contributed by atoms with Gasteiger partial charge in [0.05, 0.1) is 11.4 Å². The quantitative estimate of drug-likeness (QED) is 0.799. The van der Waals surface area contributed by atoms with E-state index in [-0.39, 0.29) is 28.7 Å². The first-order valence-electron chi connectivity index (χ1n) is 6.36. The lowest BCUT2D eigenvalue weighted by atomic mass is 10.00.